The first-order chi connectivity index (χ1) is 15.7. The van der Waals surface area contributed by atoms with Gasteiger partial charge in [-0.1, -0.05) is 30.3 Å². The molecular formula is C27H35N3O2. The summed E-state index contributed by atoms with van der Waals surface area (Å²) < 4.78 is 5.51. The molecule has 3 fully saturated rings. The van der Waals surface area contributed by atoms with Crippen LogP contribution < -0.4 is 10.1 Å². The molecule has 2 bridgehead atoms. The molecule has 170 valence electrons. The number of amides is 1. The molecule has 2 aliphatic heterocycles. The Balaban J connectivity index is 1.26. The molecule has 5 rings (SSSR count). The molecule has 1 N–H and O–H groups in total. The van der Waals surface area contributed by atoms with E-state index in [0.717, 1.165) is 61.3 Å². The summed E-state index contributed by atoms with van der Waals surface area (Å²) in [6.07, 6.45) is 5.95. The van der Waals surface area contributed by atoms with Crippen LogP contribution in [0.5, 0.6) is 5.75 Å². The van der Waals surface area contributed by atoms with Gasteiger partial charge in [-0.15, -0.1) is 0 Å². The number of carbonyl (C=O) groups excluding carboxylic acids is 1. The maximum absolute atomic E-state index is 13.5. The highest BCUT2D eigenvalue weighted by Gasteiger charge is 2.37. The van der Waals surface area contributed by atoms with Crippen LogP contribution in [0.15, 0.2) is 48.5 Å². The molecule has 5 nitrogen and oxygen atoms in total. The van der Waals surface area contributed by atoms with Gasteiger partial charge in [0.15, 0.2) is 0 Å². The van der Waals surface area contributed by atoms with E-state index in [4.69, 9.17) is 4.74 Å². The third-order valence-electron chi connectivity index (χ3n) is 7.66. The summed E-state index contributed by atoms with van der Waals surface area (Å²) >= 11 is 0. The van der Waals surface area contributed by atoms with Gasteiger partial charge in [-0.25, -0.2) is 0 Å². The van der Waals surface area contributed by atoms with Gasteiger partial charge in [0.05, 0.1) is 7.11 Å². The first kappa shape index (κ1) is 21.5. The van der Waals surface area contributed by atoms with Crippen LogP contribution in [0, 0.1) is 5.92 Å². The van der Waals surface area contributed by atoms with Gasteiger partial charge in [0.2, 0.25) is 0 Å². The zero-order chi connectivity index (χ0) is 21.9. The number of methoxy groups -OCH3 is 1. The van der Waals surface area contributed by atoms with Gasteiger partial charge >= 0.3 is 0 Å². The lowest BCUT2D eigenvalue weighted by Gasteiger charge is -2.29. The number of fused-ring (bicyclic) bond motifs is 2. The van der Waals surface area contributed by atoms with Crippen molar-refractivity contribution in [3.8, 4) is 5.75 Å². The number of rotatable bonds is 8. The molecule has 2 aromatic carbocycles. The summed E-state index contributed by atoms with van der Waals surface area (Å²) in [7, 11) is 1.71. The number of likely N-dealkylation sites (tertiary alicyclic amines) is 1. The quantitative estimate of drug-likeness (QED) is 0.689. The van der Waals surface area contributed by atoms with Crippen molar-refractivity contribution in [3.63, 3.8) is 0 Å². The topological polar surface area (TPSA) is 44.8 Å². The summed E-state index contributed by atoms with van der Waals surface area (Å²) in [6.45, 7) is 4.80. The number of benzene rings is 2. The Morgan fingerprint density at radius 1 is 1.12 bits per heavy atom. The first-order valence-electron chi connectivity index (χ1n) is 12.2. The lowest BCUT2D eigenvalue weighted by Crippen LogP contribution is -2.42. The van der Waals surface area contributed by atoms with E-state index in [2.05, 4.69) is 33.3 Å². The van der Waals surface area contributed by atoms with Crippen molar-refractivity contribution in [1.82, 2.24) is 15.1 Å². The van der Waals surface area contributed by atoms with Gasteiger partial charge in [0.25, 0.3) is 5.91 Å². The Morgan fingerprint density at radius 2 is 1.97 bits per heavy atom. The Kier molecular flexibility index (Phi) is 6.47. The van der Waals surface area contributed by atoms with E-state index in [1.165, 1.54) is 31.4 Å². The van der Waals surface area contributed by atoms with Crippen molar-refractivity contribution >= 4 is 5.91 Å². The van der Waals surface area contributed by atoms with Gasteiger partial charge in [-0.2, -0.15) is 0 Å². The highest BCUT2D eigenvalue weighted by atomic mass is 16.5. The normalized spacial score (nSPS) is 24.7. The average Bonchev–Trinajstić information content (AvgIpc) is 3.59. The minimum atomic E-state index is 0.139. The van der Waals surface area contributed by atoms with Crippen molar-refractivity contribution in [2.24, 2.45) is 5.92 Å². The number of ether oxygens (including phenoxy) is 1. The summed E-state index contributed by atoms with van der Waals surface area (Å²) in [5.74, 6) is 1.95. The van der Waals surface area contributed by atoms with Crippen LogP contribution in [-0.4, -0.2) is 61.1 Å². The van der Waals surface area contributed by atoms with Crippen LogP contribution in [0.3, 0.4) is 0 Å². The Bertz CT molecular complexity index is 923. The van der Waals surface area contributed by atoms with Crippen LogP contribution in [0.2, 0.25) is 0 Å². The fraction of sp³-hybridized carbons (Fsp3) is 0.519. The molecule has 1 saturated carbocycles. The zero-order valence-corrected chi connectivity index (χ0v) is 19.1. The summed E-state index contributed by atoms with van der Waals surface area (Å²) in [5.41, 5.74) is 3.26. The molecule has 3 aliphatic rings. The summed E-state index contributed by atoms with van der Waals surface area (Å²) in [6, 6.07) is 17.5. The molecule has 2 heterocycles. The van der Waals surface area contributed by atoms with E-state index >= 15 is 0 Å². The molecular weight excluding hydrogens is 398 g/mol. The second-order valence-electron chi connectivity index (χ2n) is 9.67. The van der Waals surface area contributed by atoms with Crippen molar-refractivity contribution in [2.45, 2.75) is 50.7 Å². The van der Waals surface area contributed by atoms with Crippen molar-refractivity contribution in [1.29, 1.82) is 0 Å². The zero-order valence-electron chi connectivity index (χ0n) is 19.1. The average molecular weight is 434 g/mol. The lowest BCUT2D eigenvalue weighted by molar-refractivity contribution is 0.0694. The number of carbonyl (C=O) groups is 1. The molecule has 0 radical (unpaired) electrons. The van der Waals surface area contributed by atoms with E-state index in [1.54, 1.807) is 7.11 Å². The smallest absolute Gasteiger partial charge is 0.254 e. The molecule has 3 atom stereocenters. The highest BCUT2D eigenvalue weighted by Crippen LogP contribution is 2.38. The molecule has 1 aliphatic carbocycles. The van der Waals surface area contributed by atoms with Gasteiger partial charge in [0, 0.05) is 43.8 Å². The first-order valence-corrected chi connectivity index (χ1v) is 12.2. The number of piperidine rings is 1. The molecule has 0 aromatic heterocycles. The molecule has 0 spiro atoms. The molecule has 32 heavy (non-hydrogen) atoms. The van der Waals surface area contributed by atoms with E-state index in [1.807, 2.05) is 30.3 Å². The van der Waals surface area contributed by atoms with Gasteiger partial charge in [-0.3, -0.25) is 9.69 Å². The Hall–Kier alpha value is -2.37. The van der Waals surface area contributed by atoms with E-state index in [9.17, 15) is 4.79 Å². The van der Waals surface area contributed by atoms with Crippen molar-refractivity contribution in [3.05, 3.63) is 65.2 Å². The highest BCUT2D eigenvalue weighted by molar-refractivity contribution is 5.94. The predicted molar refractivity (Wildman–Crippen MR) is 127 cm³/mol. The predicted octanol–water partition coefficient (Wildman–Crippen LogP) is 3.73. The largest absolute Gasteiger partial charge is 0.496 e. The Morgan fingerprint density at radius 3 is 2.66 bits per heavy atom. The van der Waals surface area contributed by atoms with Crippen LogP contribution in [0.25, 0.3) is 0 Å². The third kappa shape index (κ3) is 4.55. The van der Waals surface area contributed by atoms with Crippen molar-refractivity contribution < 1.29 is 9.53 Å². The second kappa shape index (κ2) is 9.63. The maximum atomic E-state index is 13.5. The van der Waals surface area contributed by atoms with Crippen LogP contribution in [0.4, 0.5) is 0 Å². The number of hydrogen-bond donors (Lipinski definition) is 1. The SMILES string of the molecule is COc1ccccc1CCN(C(=O)c1ccc(CN2CC3CCC2C3)cc1)C1CCNC1. The maximum Gasteiger partial charge on any atom is 0.254 e. The number of nitrogens with one attached hydrogen (secondary N) is 1. The molecule has 5 heteroatoms. The number of para-hydroxylation sites is 1. The van der Waals surface area contributed by atoms with Crippen LogP contribution in [-0.2, 0) is 13.0 Å². The lowest BCUT2D eigenvalue weighted by atomic mass is 10.1. The van der Waals surface area contributed by atoms with Gasteiger partial charge < -0.3 is 15.0 Å². The Labute approximate surface area is 191 Å². The van der Waals surface area contributed by atoms with Crippen LogP contribution in [0.1, 0.15) is 47.2 Å². The molecule has 3 unspecified atom stereocenters. The van der Waals surface area contributed by atoms with E-state index in [0.29, 0.717) is 6.54 Å². The standard InChI is InChI=1S/C27H35N3O2/c1-32-26-5-3-2-4-22(26)13-15-30(25-12-14-28-17-25)27(31)23-9-6-20(7-10-23)18-29-19-21-8-11-24(29)16-21/h2-7,9-10,21,24-25,28H,8,11-19H2,1H3. The molecule has 2 aromatic rings. The third-order valence-corrected chi connectivity index (χ3v) is 7.66. The summed E-state index contributed by atoms with van der Waals surface area (Å²) in [4.78, 5) is 18.2. The van der Waals surface area contributed by atoms with E-state index < -0.39 is 0 Å². The fourth-order valence-corrected chi connectivity index (χ4v) is 5.88. The second-order valence-corrected chi connectivity index (χ2v) is 9.67. The molecule has 1 amide bonds. The van der Waals surface area contributed by atoms with Crippen LogP contribution >= 0.6 is 0 Å². The monoisotopic (exact) mass is 433 g/mol. The van der Waals surface area contributed by atoms with Crippen molar-refractivity contribution in [2.75, 3.05) is 33.3 Å². The minimum absolute atomic E-state index is 0.139. The minimum Gasteiger partial charge on any atom is -0.496 e. The van der Waals surface area contributed by atoms with E-state index in [-0.39, 0.29) is 11.9 Å². The van der Waals surface area contributed by atoms with Gasteiger partial charge in [0.1, 0.15) is 5.75 Å². The fourth-order valence-electron chi connectivity index (χ4n) is 5.88. The summed E-state index contributed by atoms with van der Waals surface area (Å²) in [5, 5.41) is 3.42. The van der Waals surface area contributed by atoms with Gasteiger partial charge in [-0.05, 0) is 73.9 Å². The number of nitrogens with zero attached hydrogens (tertiary/aromatic N) is 2. The molecule has 2 saturated heterocycles. The number of hydrogen-bond acceptors (Lipinski definition) is 4.